The van der Waals surface area contributed by atoms with Gasteiger partial charge in [-0.05, 0) is 48.0 Å². The van der Waals surface area contributed by atoms with Gasteiger partial charge in [-0.1, -0.05) is 0 Å². The van der Waals surface area contributed by atoms with Crippen LogP contribution in [0.4, 0.5) is 0 Å². The van der Waals surface area contributed by atoms with E-state index in [0.29, 0.717) is 6.04 Å². The lowest BCUT2D eigenvalue weighted by Crippen LogP contribution is -2.36. The van der Waals surface area contributed by atoms with Gasteiger partial charge in [0.05, 0.1) is 5.69 Å². The maximum absolute atomic E-state index is 5.37. The van der Waals surface area contributed by atoms with E-state index in [9.17, 15) is 0 Å². The van der Waals surface area contributed by atoms with Crippen LogP contribution in [0.15, 0.2) is 22.8 Å². The minimum atomic E-state index is 0.638. The molecule has 2 rings (SSSR count). The number of hydrogen-bond donors (Lipinski definition) is 0. The highest BCUT2D eigenvalue weighted by Gasteiger charge is 2.18. The number of rotatable bonds is 3. The summed E-state index contributed by atoms with van der Waals surface area (Å²) in [5.74, 6) is 0. The summed E-state index contributed by atoms with van der Waals surface area (Å²) in [5.41, 5.74) is 1.12. The zero-order valence-electron chi connectivity index (χ0n) is 9.53. The van der Waals surface area contributed by atoms with Crippen molar-refractivity contribution in [3.8, 4) is 0 Å². The largest absolute Gasteiger partial charge is 0.381 e. The number of nitrogens with zero attached hydrogens (tertiary/aromatic N) is 2. The van der Waals surface area contributed by atoms with Crippen LogP contribution < -0.4 is 0 Å². The van der Waals surface area contributed by atoms with E-state index < -0.39 is 0 Å². The van der Waals surface area contributed by atoms with Gasteiger partial charge in [-0.2, -0.15) is 0 Å². The molecule has 2 heterocycles. The zero-order valence-corrected chi connectivity index (χ0v) is 11.1. The number of aromatic nitrogens is 1. The van der Waals surface area contributed by atoms with Crippen molar-refractivity contribution in [3.05, 3.63) is 28.5 Å². The van der Waals surface area contributed by atoms with Crippen LogP contribution in [0.25, 0.3) is 0 Å². The summed E-state index contributed by atoms with van der Waals surface area (Å²) in [6.07, 6.45) is 4.12. The first-order chi connectivity index (χ1) is 7.75. The minimum absolute atomic E-state index is 0.638. The van der Waals surface area contributed by atoms with Gasteiger partial charge in [-0.3, -0.25) is 9.88 Å². The Bertz CT molecular complexity index is 322. The fourth-order valence-electron chi connectivity index (χ4n) is 2.01. The first-order valence-corrected chi connectivity index (χ1v) is 6.43. The van der Waals surface area contributed by atoms with Crippen molar-refractivity contribution >= 4 is 15.9 Å². The standard InChI is InChI=1S/C12H17BrN2O/c1-15(12-4-6-16-7-5-12)9-11-3-2-10(13)8-14-11/h2-3,8,12H,4-7,9H2,1H3. The molecule has 0 radical (unpaired) electrons. The smallest absolute Gasteiger partial charge is 0.0544 e. The Labute approximate surface area is 105 Å². The molecule has 1 aromatic rings. The van der Waals surface area contributed by atoms with Crippen molar-refractivity contribution in [2.75, 3.05) is 20.3 Å². The third-order valence-electron chi connectivity index (χ3n) is 3.01. The van der Waals surface area contributed by atoms with Gasteiger partial charge in [0.15, 0.2) is 0 Å². The molecule has 0 spiro atoms. The summed E-state index contributed by atoms with van der Waals surface area (Å²) >= 11 is 3.40. The molecule has 1 saturated heterocycles. The molecule has 1 fully saturated rings. The maximum atomic E-state index is 5.37. The predicted octanol–water partition coefficient (Wildman–Crippen LogP) is 2.45. The molecular formula is C12H17BrN2O. The summed E-state index contributed by atoms with van der Waals surface area (Å²) in [6.45, 7) is 2.70. The van der Waals surface area contributed by atoms with Crippen LogP contribution >= 0.6 is 15.9 Å². The Hall–Kier alpha value is -0.450. The topological polar surface area (TPSA) is 25.4 Å². The quantitative estimate of drug-likeness (QED) is 0.853. The van der Waals surface area contributed by atoms with Gasteiger partial charge in [0, 0.05) is 36.5 Å². The minimum Gasteiger partial charge on any atom is -0.381 e. The zero-order chi connectivity index (χ0) is 11.4. The Balaban J connectivity index is 1.90. The van der Waals surface area contributed by atoms with Gasteiger partial charge in [-0.15, -0.1) is 0 Å². The molecule has 1 aromatic heterocycles. The highest BCUT2D eigenvalue weighted by Crippen LogP contribution is 2.15. The van der Waals surface area contributed by atoms with Crippen LogP contribution in [-0.4, -0.2) is 36.2 Å². The van der Waals surface area contributed by atoms with Crippen LogP contribution in [0.1, 0.15) is 18.5 Å². The molecule has 16 heavy (non-hydrogen) atoms. The second-order valence-electron chi connectivity index (χ2n) is 4.23. The first kappa shape index (κ1) is 12.0. The highest BCUT2D eigenvalue weighted by atomic mass is 79.9. The third kappa shape index (κ3) is 3.27. The molecule has 4 heteroatoms. The van der Waals surface area contributed by atoms with Gasteiger partial charge >= 0.3 is 0 Å². The van der Waals surface area contributed by atoms with Crippen molar-refractivity contribution < 1.29 is 4.74 Å². The summed E-state index contributed by atoms with van der Waals surface area (Å²) in [7, 11) is 2.17. The molecular weight excluding hydrogens is 268 g/mol. The summed E-state index contributed by atoms with van der Waals surface area (Å²) in [6, 6.07) is 4.75. The van der Waals surface area contributed by atoms with Crippen molar-refractivity contribution in [3.63, 3.8) is 0 Å². The van der Waals surface area contributed by atoms with Crippen molar-refractivity contribution in [1.29, 1.82) is 0 Å². The average molecular weight is 285 g/mol. The third-order valence-corrected chi connectivity index (χ3v) is 3.48. The van der Waals surface area contributed by atoms with Gasteiger partial charge in [0.1, 0.15) is 0 Å². The van der Waals surface area contributed by atoms with Crippen molar-refractivity contribution in [1.82, 2.24) is 9.88 Å². The second-order valence-corrected chi connectivity index (χ2v) is 5.14. The molecule has 1 aliphatic rings. The molecule has 0 bridgehead atoms. The lowest BCUT2D eigenvalue weighted by molar-refractivity contribution is 0.0403. The molecule has 1 aliphatic heterocycles. The summed E-state index contributed by atoms with van der Waals surface area (Å²) in [5, 5.41) is 0. The Kier molecular flexibility index (Phi) is 4.32. The molecule has 0 aromatic carbocycles. The molecule has 3 nitrogen and oxygen atoms in total. The van der Waals surface area contributed by atoms with Crippen molar-refractivity contribution in [2.24, 2.45) is 0 Å². The van der Waals surface area contributed by atoms with E-state index >= 15 is 0 Å². The van der Waals surface area contributed by atoms with Gasteiger partial charge in [0.2, 0.25) is 0 Å². The Morgan fingerprint density at radius 2 is 2.19 bits per heavy atom. The average Bonchev–Trinajstić information content (AvgIpc) is 2.33. The lowest BCUT2D eigenvalue weighted by Gasteiger charge is -2.30. The predicted molar refractivity (Wildman–Crippen MR) is 67.2 cm³/mol. The summed E-state index contributed by atoms with van der Waals surface area (Å²) in [4.78, 5) is 6.77. The molecule has 0 atom stereocenters. The van der Waals surface area contributed by atoms with Crippen LogP contribution in [0.3, 0.4) is 0 Å². The Morgan fingerprint density at radius 3 is 2.81 bits per heavy atom. The normalized spacial score (nSPS) is 17.9. The molecule has 0 aliphatic carbocycles. The highest BCUT2D eigenvalue weighted by molar-refractivity contribution is 9.10. The van der Waals surface area contributed by atoms with Gasteiger partial charge < -0.3 is 4.74 Å². The molecule has 88 valence electrons. The molecule has 0 amide bonds. The number of pyridine rings is 1. The van der Waals surface area contributed by atoms with E-state index in [1.54, 1.807) is 0 Å². The maximum Gasteiger partial charge on any atom is 0.0544 e. The fraction of sp³-hybridized carbons (Fsp3) is 0.583. The van der Waals surface area contributed by atoms with E-state index in [0.717, 1.165) is 42.8 Å². The van der Waals surface area contributed by atoms with Gasteiger partial charge in [0.25, 0.3) is 0 Å². The lowest BCUT2D eigenvalue weighted by atomic mass is 10.1. The monoisotopic (exact) mass is 284 g/mol. The number of ether oxygens (including phenoxy) is 1. The summed E-state index contributed by atoms with van der Waals surface area (Å²) < 4.78 is 6.40. The number of hydrogen-bond acceptors (Lipinski definition) is 3. The molecule has 0 saturated carbocycles. The molecule has 0 N–H and O–H groups in total. The van der Waals surface area contributed by atoms with E-state index in [2.05, 4.69) is 38.9 Å². The van der Waals surface area contributed by atoms with E-state index in [1.807, 2.05) is 12.3 Å². The van der Waals surface area contributed by atoms with Crippen LogP contribution in [-0.2, 0) is 11.3 Å². The van der Waals surface area contributed by atoms with Gasteiger partial charge in [-0.25, -0.2) is 0 Å². The van der Waals surface area contributed by atoms with E-state index in [4.69, 9.17) is 4.74 Å². The second kappa shape index (κ2) is 5.75. The fourth-order valence-corrected chi connectivity index (χ4v) is 2.25. The van der Waals surface area contributed by atoms with Crippen LogP contribution in [0, 0.1) is 0 Å². The van der Waals surface area contributed by atoms with Crippen LogP contribution in [0.5, 0.6) is 0 Å². The van der Waals surface area contributed by atoms with E-state index in [-0.39, 0.29) is 0 Å². The van der Waals surface area contributed by atoms with E-state index in [1.165, 1.54) is 0 Å². The SMILES string of the molecule is CN(Cc1ccc(Br)cn1)C1CCOCC1. The Morgan fingerprint density at radius 1 is 1.44 bits per heavy atom. The first-order valence-electron chi connectivity index (χ1n) is 5.64. The number of halogens is 1. The molecule has 0 unspecified atom stereocenters. The van der Waals surface area contributed by atoms with Crippen molar-refractivity contribution in [2.45, 2.75) is 25.4 Å². The van der Waals surface area contributed by atoms with Crippen LogP contribution in [0.2, 0.25) is 0 Å².